The Balaban J connectivity index is 2.27. The lowest BCUT2D eigenvalue weighted by Crippen LogP contribution is -2.51. The molecule has 2 unspecified atom stereocenters. The van der Waals surface area contributed by atoms with Crippen LogP contribution in [0.4, 0.5) is 5.69 Å². The van der Waals surface area contributed by atoms with Crippen molar-refractivity contribution in [2.24, 2.45) is 5.84 Å². The highest BCUT2D eigenvalue weighted by Crippen LogP contribution is 2.23. The van der Waals surface area contributed by atoms with Crippen LogP contribution in [0.5, 0.6) is 0 Å². The first kappa shape index (κ1) is 15.2. The third-order valence-corrected chi connectivity index (χ3v) is 5.27. The van der Waals surface area contributed by atoms with Gasteiger partial charge in [0.1, 0.15) is 0 Å². The minimum absolute atomic E-state index is 0.150. The van der Waals surface area contributed by atoms with Crippen LogP contribution in [0.25, 0.3) is 0 Å². The van der Waals surface area contributed by atoms with Crippen LogP contribution in [-0.4, -0.2) is 49.7 Å². The molecule has 1 heterocycles. The minimum Gasteiger partial charge on any atom is -0.394 e. The zero-order valence-corrected chi connectivity index (χ0v) is 12.0. The summed E-state index contributed by atoms with van der Waals surface area (Å²) in [6.07, 6.45) is -0.481. The number of rotatable bonds is 4. The van der Waals surface area contributed by atoms with Gasteiger partial charge in [0.05, 0.1) is 24.2 Å². The second-order valence-electron chi connectivity index (χ2n) is 4.73. The number of hydrogen-bond acceptors (Lipinski definition) is 6. The van der Waals surface area contributed by atoms with Gasteiger partial charge in [-0.05, 0) is 31.2 Å². The highest BCUT2D eigenvalue weighted by Gasteiger charge is 2.35. The Kier molecular flexibility index (Phi) is 4.61. The number of aliphatic hydroxyl groups excluding tert-OH is 1. The molecule has 2 atom stereocenters. The van der Waals surface area contributed by atoms with Crippen LogP contribution < -0.4 is 11.3 Å². The molecule has 2 rings (SSSR count). The number of hydrogen-bond donors (Lipinski definition) is 3. The minimum atomic E-state index is -3.61. The van der Waals surface area contributed by atoms with Gasteiger partial charge in [-0.2, -0.15) is 4.31 Å². The quantitative estimate of drug-likeness (QED) is 0.523. The first-order valence-corrected chi connectivity index (χ1v) is 7.74. The lowest BCUT2D eigenvalue weighted by atomic mass is 10.2. The molecule has 1 fully saturated rings. The van der Waals surface area contributed by atoms with E-state index in [1.807, 2.05) is 0 Å². The molecule has 1 aliphatic heterocycles. The largest absolute Gasteiger partial charge is 0.394 e. The Labute approximate surface area is 118 Å². The van der Waals surface area contributed by atoms with E-state index in [0.717, 1.165) is 0 Å². The summed E-state index contributed by atoms with van der Waals surface area (Å²) in [6, 6.07) is 5.93. The zero-order chi connectivity index (χ0) is 14.8. The maximum Gasteiger partial charge on any atom is 0.243 e. The lowest BCUT2D eigenvalue weighted by Gasteiger charge is -2.36. The van der Waals surface area contributed by atoms with Crippen LogP contribution >= 0.6 is 0 Å². The monoisotopic (exact) mass is 301 g/mol. The average Bonchev–Trinajstić information content (AvgIpc) is 2.47. The summed E-state index contributed by atoms with van der Waals surface area (Å²) < 4.78 is 31.9. The summed E-state index contributed by atoms with van der Waals surface area (Å²) in [7, 11) is -3.61. The van der Waals surface area contributed by atoms with Gasteiger partial charge in [-0.1, -0.05) is 0 Å². The number of morpholine rings is 1. The third kappa shape index (κ3) is 2.94. The predicted molar refractivity (Wildman–Crippen MR) is 74.4 cm³/mol. The zero-order valence-electron chi connectivity index (χ0n) is 11.2. The van der Waals surface area contributed by atoms with Crippen LogP contribution in [0.3, 0.4) is 0 Å². The van der Waals surface area contributed by atoms with Crippen molar-refractivity contribution in [3.8, 4) is 0 Å². The van der Waals surface area contributed by atoms with E-state index in [9.17, 15) is 8.42 Å². The highest BCUT2D eigenvalue weighted by molar-refractivity contribution is 7.89. The molecule has 0 aromatic heterocycles. The first-order valence-electron chi connectivity index (χ1n) is 6.30. The number of nitrogens with two attached hydrogens (primary N) is 1. The fraction of sp³-hybridized carbons (Fsp3) is 0.500. The predicted octanol–water partition coefficient (Wildman–Crippen LogP) is -0.257. The lowest BCUT2D eigenvalue weighted by molar-refractivity contribution is -0.0516. The number of nitrogen functional groups attached to an aromatic ring is 1. The Morgan fingerprint density at radius 1 is 1.45 bits per heavy atom. The number of sulfonamides is 1. The maximum absolute atomic E-state index is 12.6. The molecule has 1 aliphatic rings. The maximum atomic E-state index is 12.6. The molecule has 0 spiro atoms. The molecule has 112 valence electrons. The van der Waals surface area contributed by atoms with Gasteiger partial charge < -0.3 is 15.3 Å². The van der Waals surface area contributed by atoms with Gasteiger partial charge in [-0.3, -0.25) is 5.84 Å². The molecule has 20 heavy (non-hydrogen) atoms. The molecule has 1 aromatic rings. The van der Waals surface area contributed by atoms with Crippen molar-refractivity contribution in [2.75, 3.05) is 25.2 Å². The molecule has 1 saturated heterocycles. The number of nitrogens with one attached hydrogen (secondary N) is 1. The van der Waals surface area contributed by atoms with Crippen LogP contribution in [0.1, 0.15) is 6.92 Å². The molecule has 0 aliphatic carbocycles. The Hall–Kier alpha value is -1.19. The van der Waals surface area contributed by atoms with Crippen molar-refractivity contribution in [3.05, 3.63) is 24.3 Å². The van der Waals surface area contributed by atoms with Gasteiger partial charge in [-0.25, -0.2) is 8.42 Å². The second-order valence-corrected chi connectivity index (χ2v) is 6.62. The summed E-state index contributed by atoms with van der Waals surface area (Å²) in [5.74, 6) is 5.26. The van der Waals surface area contributed by atoms with Gasteiger partial charge in [-0.15, -0.1) is 0 Å². The smallest absolute Gasteiger partial charge is 0.243 e. The summed E-state index contributed by atoms with van der Waals surface area (Å²) in [5, 5.41) is 9.13. The van der Waals surface area contributed by atoms with E-state index in [4.69, 9.17) is 15.7 Å². The molecule has 1 aromatic carbocycles. The molecule has 4 N–H and O–H groups in total. The molecule has 0 radical (unpaired) electrons. The van der Waals surface area contributed by atoms with Crippen molar-refractivity contribution in [3.63, 3.8) is 0 Å². The standard InChI is InChI=1S/C12H19N3O4S/c1-9-8-19-11(7-16)6-15(9)20(17,18)12-4-2-10(14-13)3-5-12/h2-5,9,11,14,16H,6-8,13H2,1H3. The summed E-state index contributed by atoms with van der Waals surface area (Å²) in [5.41, 5.74) is 3.08. The van der Waals surface area contributed by atoms with E-state index < -0.39 is 16.1 Å². The van der Waals surface area contributed by atoms with E-state index in [-0.39, 0.29) is 30.7 Å². The first-order chi connectivity index (χ1) is 9.48. The summed E-state index contributed by atoms with van der Waals surface area (Å²) >= 11 is 0. The van der Waals surface area contributed by atoms with Crippen LogP contribution in [-0.2, 0) is 14.8 Å². The van der Waals surface area contributed by atoms with Crippen LogP contribution in [0.15, 0.2) is 29.2 Å². The number of ether oxygens (including phenoxy) is 1. The second kappa shape index (κ2) is 6.06. The summed E-state index contributed by atoms with van der Waals surface area (Å²) in [4.78, 5) is 0.196. The number of hydrazine groups is 1. The number of anilines is 1. The van der Waals surface area contributed by atoms with Crippen molar-refractivity contribution in [1.82, 2.24) is 4.31 Å². The Bertz CT molecular complexity index is 546. The molecule has 0 amide bonds. The third-order valence-electron chi connectivity index (χ3n) is 3.28. The Morgan fingerprint density at radius 3 is 2.65 bits per heavy atom. The van der Waals surface area contributed by atoms with Crippen molar-refractivity contribution in [1.29, 1.82) is 0 Å². The van der Waals surface area contributed by atoms with Crippen LogP contribution in [0, 0.1) is 0 Å². The fourth-order valence-corrected chi connectivity index (χ4v) is 3.74. The van der Waals surface area contributed by atoms with E-state index in [1.54, 1.807) is 19.1 Å². The van der Waals surface area contributed by atoms with E-state index in [0.29, 0.717) is 5.69 Å². The molecule has 7 nitrogen and oxygen atoms in total. The Morgan fingerprint density at radius 2 is 2.10 bits per heavy atom. The molecule has 0 bridgehead atoms. The topological polar surface area (TPSA) is 105 Å². The fourth-order valence-electron chi connectivity index (χ4n) is 2.10. The van der Waals surface area contributed by atoms with E-state index in [1.165, 1.54) is 16.4 Å². The normalized spacial score (nSPS) is 24.6. The highest BCUT2D eigenvalue weighted by atomic mass is 32.2. The summed E-state index contributed by atoms with van der Waals surface area (Å²) in [6.45, 7) is 2.00. The molecular formula is C12H19N3O4S. The number of nitrogens with zero attached hydrogens (tertiary/aromatic N) is 1. The van der Waals surface area contributed by atoms with Gasteiger partial charge in [0, 0.05) is 18.3 Å². The number of aliphatic hydroxyl groups is 1. The van der Waals surface area contributed by atoms with Crippen molar-refractivity contribution < 1.29 is 18.3 Å². The van der Waals surface area contributed by atoms with Crippen molar-refractivity contribution >= 4 is 15.7 Å². The molecule has 8 heteroatoms. The van der Waals surface area contributed by atoms with E-state index in [2.05, 4.69) is 5.43 Å². The molecule has 0 saturated carbocycles. The van der Waals surface area contributed by atoms with Gasteiger partial charge in [0.15, 0.2) is 0 Å². The van der Waals surface area contributed by atoms with E-state index >= 15 is 0 Å². The molecular weight excluding hydrogens is 282 g/mol. The van der Waals surface area contributed by atoms with Gasteiger partial charge in [0.25, 0.3) is 0 Å². The van der Waals surface area contributed by atoms with Gasteiger partial charge >= 0.3 is 0 Å². The van der Waals surface area contributed by atoms with Crippen molar-refractivity contribution in [2.45, 2.75) is 24.0 Å². The SMILES string of the molecule is CC1COC(CO)CN1S(=O)(=O)c1ccc(NN)cc1. The number of benzene rings is 1. The van der Waals surface area contributed by atoms with Gasteiger partial charge in [0.2, 0.25) is 10.0 Å². The van der Waals surface area contributed by atoms with Crippen LogP contribution in [0.2, 0.25) is 0 Å². The average molecular weight is 301 g/mol.